The van der Waals surface area contributed by atoms with Crippen molar-refractivity contribution in [1.29, 1.82) is 0 Å². The summed E-state index contributed by atoms with van der Waals surface area (Å²) in [6, 6.07) is 9.64. The Labute approximate surface area is 142 Å². The number of aryl methyl sites for hydroxylation is 1. The molecule has 1 saturated heterocycles. The Morgan fingerprint density at radius 2 is 2.12 bits per heavy atom. The second kappa shape index (κ2) is 6.80. The summed E-state index contributed by atoms with van der Waals surface area (Å²) < 4.78 is 29.3. The van der Waals surface area contributed by atoms with Crippen LogP contribution < -0.4 is 0 Å². The zero-order valence-electron chi connectivity index (χ0n) is 13.6. The predicted octanol–water partition coefficient (Wildman–Crippen LogP) is 2.27. The summed E-state index contributed by atoms with van der Waals surface area (Å²) in [7, 11) is -2.95. The first-order valence-electron chi connectivity index (χ1n) is 7.88. The molecule has 1 aliphatic rings. The first kappa shape index (κ1) is 16.7. The number of terminal acetylenes is 1. The van der Waals surface area contributed by atoms with E-state index in [1.54, 1.807) is 0 Å². The molecule has 1 aliphatic heterocycles. The van der Waals surface area contributed by atoms with Crippen molar-refractivity contribution in [2.75, 3.05) is 18.1 Å². The van der Waals surface area contributed by atoms with E-state index in [0.717, 1.165) is 17.0 Å². The van der Waals surface area contributed by atoms with Crippen molar-refractivity contribution in [2.24, 2.45) is 0 Å². The predicted molar refractivity (Wildman–Crippen MR) is 93.0 cm³/mol. The van der Waals surface area contributed by atoms with Crippen molar-refractivity contribution in [3.8, 4) is 23.8 Å². The Hall–Kier alpha value is -2.10. The van der Waals surface area contributed by atoms with Crippen LogP contribution in [0.15, 0.2) is 34.7 Å². The molecule has 0 saturated carbocycles. The summed E-state index contributed by atoms with van der Waals surface area (Å²) in [5, 5.41) is 0. The highest BCUT2D eigenvalue weighted by Gasteiger charge is 2.32. The number of hydrogen-bond acceptors (Lipinski definition) is 5. The van der Waals surface area contributed by atoms with Crippen LogP contribution in [0.2, 0.25) is 0 Å². The zero-order valence-corrected chi connectivity index (χ0v) is 14.4. The molecule has 6 heteroatoms. The van der Waals surface area contributed by atoms with Crippen molar-refractivity contribution in [1.82, 2.24) is 9.88 Å². The van der Waals surface area contributed by atoms with E-state index >= 15 is 0 Å². The molecule has 0 radical (unpaired) electrons. The summed E-state index contributed by atoms with van der Waals surface area (Å²) in [5.74, 6) is 4.32. The van der Waals surface area contributed by atoms with Gasteiger partial charge in [-0.05, 0) is 25.5 Å². The number of hydrogen-bond donors (Lipinski definition) is 0. The Morgan fingerprint density at radius 3 is 2.75 bits per heavy atom. The van der Waals surface area contributed by atoms with Gasteiger partial charge in [-0.25, -0.2) is 13.4 Å². The van der Waals surface area contributed by atoms with E-state index in [2.05, 4.69) is 10.9 Å². The topological polar surface area (TPSA) is 63.4 Å². The van der Waals surface area contributed by atoms with Crippen LogP contribution in [0, 0.1) is 19.3 Å². The summed E-state index contributed by atoms with van der Waals surface area (Å²) in [5.41, 5.74) is 1.71. The van der Waals surface area contributed by atoms with Gasteiger partial charge in [0.1, 0.15) is 5.76 Å². The van der Waals surface area contributed by atoms with Crippen molar-refractivity contribution in [2.45, 2.75) is 25.9 Å². The number of nitrogens with zero attached hydrogens (tertiary/aromatic N) is 2. The lowest BCUT2D eigenvalue weighted by molar-refractivity contribution is 0.227. The number of aromatic nitrogens is 1. The third kappa shape index (κ3) is 3.69. The van der Waals surface area contributed by atoms with E-state index in [9.17, 15) is 8.42 Å². The van der Waals surface area contributed by atoms with E-state index < -0.39 is 9.84 Å². The molecule has 1 aromatic heterocycles. The Morgan fingerprint density at radius 1 is 1.38 bits per heavy atom. The van der Waals surface area contributed by atoms with Gasteiger partial charge in [0.05, 0.1) is 23.7 Å². The third-order valence-corrected chi connectivity index (χ3v) is 6.04. The molecular weight excluding hydrogens is 324 g/mol. The molecule has 0 spiro atoms. The molecule has 5 nitrogen and oxygen atoms in total. The third-order valence-electron chi connectivity index (χ3n) is 4.29. The van der Waals surface area contributed by atoms with Crippen molar-refractivity contribution in [3.05, 3.63) is 41.8 Å². The van der Waals surface area contributed by atoms with Crippen LogP contribution in [0.1, 0.15) is 17.9 Å². The van der Waals surface area contributed by atoms with Crippen LogP contribution in [0.3, 0.4) is 0 Å². The minimum Gasteiger partial charge on any atom is -0.441 e. The molecule has 1 fully saturated rings. The number of benzene rings is 1. The normalized spacial score (nSPS) is 19.5. The van der Waals surface area contributed by atoms with E-state index in [-0.39, 0.29) is 17.5 Å². The SMILES string of the molecule is C#CCN(Cc1nc(-c2ccccc2)oc1C)[C@H]1CCS(=O)(=O)C1. The quantitative estimate of drug-likeness (QED) is 0.779. The highest BCUT2D eigenvalue weighted by Crippen LogP contribution is 2.24. The van der Waals surface area contributed by atoms with Gasteiger partial charge in [-0.2, -0.15) is 0 Å². The maximum absolute atomic E-state index is 11.7. The van der Waals surface area contributed by atoms with Gasteiger partial charge in [-0.3, -0.25) is 4.90 Å². The zero-order chi connectivity index (χ0) is 17.2. The van der Waals surface area contributed by atoms with Gasteiger partial charge in [0.15, 0.2) is 9.84 Å². The molecule has 0 amide bonds. The first-order chi connectivity index (χ1) is 11.5. The van der Waals surface area contributed by atoms with Crippen LogP contribution in [0.4, 0.5) is 0 Å². The molecule has 24 heavy (non-hydrogen) atoms. The Kier molecular flexibility index (Phi) is 4.74. The van der Waals surface area contributed by atoms with Gasteiger partial charge < -0.3 is 4.42 Å². The summed E-state index contributed by atoms with van der Waals surface area (Å²) in [6.45, 7) is 2.76. The molecule has 2 aromatic rings. The average molecular weight is 344 g/mol. The molecule has 1 aromatic carbocycles. The molecule has 0 unspecified atom stereocenters. The van der Waals surface area contributed by atoms with Crippen LogP contribution in [0.25, 0.3) is 11.5 Å². The fourth-order valence-electron chi connectivity index (χ4n) is 2.97. The minimum absolute atomic E-state index is 0.0534. The lowest BCUT2D eigenvalue weighted by Crippen LogP contribution is -2.36. The Balaban J connectivity index is 1.81. The van der Waals surface area contributed by atoms with Crippen molar-refractivity contribution >= 4 is 9.84 Å². The van der Waals surface area contributed by atoms with E-state index in [4.69, 9.17) is 10.8 Å². The molecule has 0 N–H and O–H groups in total. The number of oxazole rings is 1. The van der Waals surface area contributed by atoms with Gasteiger partial charge in [0, 0.05) is 18.2 Å². The maximum atomic E-state index is 11.7. The minimum atomic E-state index is -2.95. The van der Waals surface area contributed by atoms with E-state index in [1.165, 1.54) is 0 Å². The summed E-state index contributed by atoms with van der Waals surface area (Å²) in [6.07, 6.45) is 6.09. The van der Waals surface area contributed by atoms with Crippen molar-refractivity contribution in [3.63, 3.8) is 0 Å². The van der Waals surface area contributed by atoms with E-state index in [1.807, 2.05) is 42.2 Å². The van der Waals surface area contributed by atoms with Crippen LogP contribution in [-0.4, -0.2) is 42.4 Å². The van der Waals surface area contributed by atoms with Gasteiger partial charge in [0.2, 0.25) is 5.89 Å². The Bertz CT molecular complexity index is 850. The number of rotatable bonds is 5. The molecule has 3 rings (SSSR count). The smallest absolute Gasteiger partial charge is 0.226 e. The standard InChI is InChI=1S/C18H20N2O3S/c1-3-10-20(16-9-11-24(21,22)13-16)12-17-14(2)23-18(19-17)15-7-5-4-6-8-15/h1,4-8,16H,9-13H2,2H3/t16-/m0/s1. The van der Waals surface area contributed by atoms with Crippen LogP contribution in [0.5, 0.6) is 0 Å². The highest BCUT2D eigenvalue weighted by atomic mass is 32.2. The monoisotopic (exact) mass is 344 g/mol. The summed E-state index contributed by atoms with van der Waals surface area (Å²) in [4.78, 5) is 6.59. The molecular formula is C18H20N2O3S. The summed E-state index contributed by atoms with van der Waals surface area (Å²) >= 11 is 0. The fourth-order valence-corrected chi connectivity index (χ4v) is 4.73. The molecule has 0 aliphatic carbocycles. The number of sulfone groups is 1. The lowest BCUT2D eigenvalue weighted by atomic mass is 10.2. The molecule has 0 bridgehead atoms. The maximum Gasteiger partial charge on any atom is 0.226 e. The first-order valence-corrected chi connectivity index (χ1v) is 9.70. The van der Waals surface area contributed by atoms with Gasteiger partial charge in [-0.1, -0.05) is 24.1 Å². The highest BCUT2D eigenvalue weighted by molar-refractivity contribution is 7.91. The second-order valence-corrected chi connectivity index (χ2v) is 8.28. The van der Waals surface area contributed by atoms with Crippen LogP contribution >= 0.6 is 0 Å². The van der Waals surface area contributed by atoms with Gasteiger partial charge >= 0.3 is 0 Å². The average Bonchev–Trinajstić information content (AvgIpc) is 3.10. The second-order valence-electron chi connectivity index (χ2n) is 6.05. The lowest BCUT2D eigenvalue weighted by Gasteiger charge is -2.24. The molecule has 1 atom stereocenters. The molecule has 2 heterocycles. The fraction of sp³-hybridized carbons (Fsp3) is 0.389. The molecule has 126 valence electrons. The van der Waals surface area contributed by atoms with Crippen molar-refractivity contribution < 1.29 is 12.8 Å². The largest absolute Gasteiger partial charge is 0.441 e. The van der Waals surface area contributed by atoms with Gasteiger partial charge in [0.25, 0.3) is 0 Å². The van der Waals surface area contributed by atoms with Crippen LogP contribution in [-0.2, 0) is 16.4 Å². The van der Waals surface area contributed by atoms with E-state index in [0.29, 0.717) is 25.4 Å². The van der Waals surface area contributed by atoms with Gasteiger partial charge in [-0.15, -0.1) is 6.42 Å².